The predicted molar refractivity (Wildman–Crippen MR) is 174 cm³/mol. The minimum absolute atomic E-state index is 0. The summed E-state index contributed by atoms with van der Waals surface area (Å²) < 4.78 is 60.6. The van der Waals surface area contributed by atoms with Gasteiger partial charge in [0.05, 0.1) is 36.5 Å². The van der Waals surface area contributed by atoms with Crippen molar-refractivity contribution in [3.8, 4) is 5.69 Å². The predicted octanol–water partition coefficient (Wildman–Crippen LogP) is 6.50. The number of Topliss-reactive ketones (excluding diaryl/α,β-unsaturated/α-hetero) is 1. The first-order valence-corrected chi connectivity index (χ1v) is 13.8. The first-order chi connectivity index (χ1) is 21.0. The van der Waals surface area contributed by atoms with E-state index in [0.29, 0.717) is 28.3 Å². The Labute approximate surface area is 276 Å². The SMILES string of the molecule is CCN1C(=O)[C@@H](CC(=O)c2cccc(C(F)(F)F)c2)[C@@H](c2ccc(F)cc2)c2c(CNC(=O)OC)nn(-c3ccccc3)c21.S.S. The van der Waals surface area contributed by atoms with Crippen molar-refractivity contribution in [2.24, 2.45) is 5.92 Å². The zero-order valence-corrected chi connectivity index (χ0v) is 26.8. The summed E-state index contributed by atoms with van der Waals surface area (Å²) in [7, 11) is 1.21. The van der Waals surface area contributed by atoms with Gasteiger partial charge in [-0.3, -0.25) is 14.5 Å². The van der Waals surface area contributed by atoms with Crippen molar-refractivity contribution in [3.63, 3.8) is 0 Å². The molecule has 2 atom stereocenters. The summed E-state index contributed by atoms with van der Waals surface area (Å²) in [6, 6.07) is 18.5. The van der Waals surface area contributed by atoms with Gasteiger partial charge in [-0.1, -0.05) is 42.5 Å². The maximum atomic E-state index is 14.3. The molecule has 14 heteroatoms. The monoisotopic (exact) mass is 676 g/mol. The van der Waals surface area contributed by atoms with Gasteiger partial charge in [0.1, 0.15) is 11.6 Å². The lowest BCUT2D eigenvalue weighted by atomic mass is 9.74. The summed E-state index contributed by atoms with van der Waals surface area (Å²) in [5.74, 6) is -3.16. The number of hydrogen-bond acceptors (Lipinski definition) is 5. The number of para-hydroxylation sites is 1. The van der Waals surface area contributed by atoms with E-state index >= 15 is 0 Å². The maximum absolute atomic E-state index is 14.3. The third-order valence-corrected chi connectivity index (χ3v) is 7.57. The Kier molecular flexibility index (Phi) is 11.7. The van der Waals surface area contributed by atoms with Crippen LogP contribution in [0.3, 0.4) is 0 Å². The number of fused-ring (bicyclic) bond motifs is 1. The van der Waals surface area contributed by atoms with Crippen LogP contribution in [0, 0.1) is 11.7 Å². The molecule has 2 heterocycles. The van der Waals surface area contributed by atoms with E-state index in [4.69, 9.17) is 9.84 Å². The van der Waals surface area contributed by atoms with Crippen LogP contribution in [0.4, 0.5) is 28.2 Å². The lowest BCUT2D eigenvalue weighted by Gasteiger charge is -2.38. The first kappa shape index (κ1) is 36.2. The lowest BCUT2D eigenvalue weighted by molar-refractivity contribution is -0.137. The number of hydrogen-bond donors (Lipinski definition) is 1. The largest absolute Gasteiger partial charge is 0.453 e. The van der Waals surface area contributed by atoms with Crippen LogP contribution in [0.25, 0.3) is 5.69 Å². The zero-order chi connectivity index (χ0) is 31.6. The lowest BCUT2D eigenvalue weighted by Crippen LogP contribution is -2.45. The van der Waals surface area contributed by atoms with Crippen LogP contribution >= 0.6 is 27.0 Å². The smallest absolute Gasteiger partial charge is 0.416 e. The quantitative estimate of drug-likeness (QED) is 0.170. The van der Waals surface area contributed by atoms with E-state index < -0.39 is 53.6 Å². The fraction of sp³-hybridized carbons (Fsp3) is 0.250. The van der Waals surface area contributed by atoms with E-state index in [9.17, 15) is 31.9 Å². The molecule has 244 valence electrons. The molecular weight excluding hydrogens is 645 g/mol. The van der Waals surface area contributed by atoms with Crippen LogP contribution in [-0.4, -0.2) is 41.2 Å². The van der Waals surface area contributed by atoms with Crippen molar-refractivity contribution < 1.29 is 36.7 Å². The number of amides is 2. The molecule has 2 amide bonds. The van der Waals surface area contributed by atoms with Crippen molar-refractivity contribution in [1.29, 1.82) is 0 Å². The molecule has 3 aromatic carbocycles. The van der Waals surface area contributed by atoms with Gasteiger partial charge in [0.25, 0.3) is 0 Å². The fourth-order valence-corrected chi connectivity index (χ4v) is 5.57. The number of nitrogens with zero attached hydrogens (tertiary/aromatic N) is 3. The molecule has 46 heavy (non-hydrogen) atoms. The van der Waals surface area contributed by atoms with Gasteiger partial charge < -0.3 is 10.1 Å². The summed E-state index contributed by atoms with van der Waals surface area (Å²) in [6.45, 7) is 1.82. The number of anilines is 1. The number of methoxy groups -OCH3 is 1. The molecular formula is C32H32F4N4O4S2. The fourth-order valence-electron chi connectivity index (χ4n) is 5.57. The van der Waals surface area contributed by atoms with Gasteiger partial charge >= 0.3 is 12.3 Å². The van der Waals surface area contributed by atoms with Crippen molar-refractivity contribution in [2.45, 2.75) is 32.0 Å². The Hall–Kier alpha value is -4.30. The van der Waals surface area contributed by atoms with Crippen LogP contribution in [0.5, 0.6) is 0 Å². The van der Waals surface area contributed by atoms with Crippen LogP contribution in [0.1, 0.15) is 52.0 Å². The number of alkyl halides is 3. The number of nitrogens with one attached hydrogen (secondary N) is 1. The van der Waals surface area contributed by atoms with Crippen LogP contribution in [0.2, 0.25) is 0 Å². The molecule has 1 aromatic heterocycles. The van der Waals surface area contributed by atoms with E-state index in [1.807, 2.05) is 6.07 Å². The Balaban J connectivity index is 0.00000288. The summed E-state index contributed by atoms with van der Waals surface area (Å²) in [4.78, 5) is 41.3. The van der Waals surface area contributed by atoms with Crippen molar-refractivity contribution in [3.05, 3.63) is 113 Å². The number of rotatable bonds is 8. The topological polar surface area (TPSA) is 93.5 Å². The number of benzene rings is 3. The van der Waals surface area contributed by atoms with Gasteiger partial charge in [-0.05, 0) is 48.9 Å². The molecule has 0 radical (unpaired) electrons. The highest BCUT2D eigenvalue weighted by molar-refractivity contribution is 7.59. The third-order valence-electron chi connectivity index (χ3n) is 7.57. The minimum atomic E-state index is -4.66. The molecule has 0 spiro atoms. The third kappa shape index (κ3) is 7.23. The maximum Gasteiger partial charge on any atom is 0.416 e. The van der Waals surface area contributed by atoms with E-state index in [1.165, 1.54) is 42.3 Å². The van der Waals surface area contributed by atoms with Gasteiger partial charge in [-0.25, -0.2) is 13.9 Å². The normalized spacial score (nSPS) is 15.7. The molecule has 0 bridgehead atoms. The molecule has 1 aliphatic rings. The average Bonchev–Trinajstić information content (AvgIpc) is 3.39. The molecule has 0 aliphatic carbocycles. The Morgan fingerprint density at radius 1 is 0.978 bits per heavy atom. The number of ether oxygens (including phenoxy) is 1. The Morgan fingerprint density at radius 3 is 2.26 bits per heavy atom. The molecule has 0 saturated carbocycles. The average molecular weight is 677 g/mol. The van der Waals surface area contributed by atoms with Gasteiger partial charge in [-0.2, -0.15) is 45.3 Å². The second-order valence-corrected chi connectivity index (χ2v) is 10.2. The zero-order valence-electron chi connectivity index (χ0n) is 24.8. The summed E-state index contributed by atoms with van der Waals surface area (Å²) >= 11 is 0. The van der Waals surface area contributed by atoms with Gasteiger partial charge in [-0.15, -0.1) is 0 Å². The molecule has 4 aromatic rings. The van der Waals surface area contributed by atoms with E-state index in [1.54, 1.807) is 35.9 Å². The molecule has 5 rings (SSSR count). The number of alkyl carbamates (subject to hydrolysis) is 1. The van der Waals surface area contributed by atoms with E-state index in [2.05, 4.69) is 5.32 Å². The molecule has 1 N–H and O–H groups in total. The summed E-state index contributed by atoms with van der Waals surface area (Å²) in [5.41, 5.74) is 0.825. The highest BCUT2D eigenvalue weighted by atomic mass is 32.1. The number of carbonyl (C=O) groups excluding carboxylic acids is 3. The molecule has 0 saturated heterocycles. The molecule has 0 fully saturated rings. The standard InChI is InChI=1S/C32H28F4N4O4.2H2S/c1-3-39-29-28(25(18-37-31(43)44-2)38-40(29)23-10-5-4-6-11-23)27(19-12-14-22(33)15-13-19)24(30(39)42)17-26(41)20-8-7-9-21(16-20)32(34,35)36;;/h4-16,24,27H,3,17-18H2,1-2H3,(H,37,43);2*1H2/t24-,27+;;/m0../s1. The van der Waals surface area contributed by atoms with Gasteiger partial charge in [0.2, 0.25) is 5.91 Å². The van der Waals surface area contributed by atoms with E-state index in [-0.39, 0.29) is 45.6 Å². The second-order valence-electron chi connectivity index (χ2n) is 10.2. The van der Waals surface area contributed by atoms with Crippen molar-refractivity contribution in [1.82, 2.24) is 15.1 Å². The first-order valence-electron chi connectivity index (χ1n) is 13.8. The Morgan fingerprint density at radius 2 is 1.65 bits per heavy atom. The molecule has 8 nitrogen and oxygen atoms in total. The number of aromatic nitrogens is 2. The van der Waals surface area contributed by atoms with Crippen LogP contribution < -0.4 is 10.2 Å². The summed E-state index contributed by atoms with van der Waals surface area (Å²) in [6.07, 6.45) is -5.81. The van der Waals surface area contributed by atoms with Gasteiger partial charge in [0, 0.05) is 30.0 Å². The van der Waals surface area contributed by atoms with Crippen molar-refractivity contribution >= 4 is 50.6 Å². The highest BCUT2D eigenvalue weighted by Gasteiger charge is 2.46. The van der Waals surface area contributed by atoms with Crippen LogP contribution in [0.15, 0.2) is 78.9 Å². The van der Waals surface area contributed by atoms with Gasteiger partial charge in [0.15, 0.2) is 5.78 Å². The number of carbonyl (C=O) groups is 3. The van der Waals surface area contributed by atoms with E-state index in [0.717, 1.165) is 18.2 Å². The second kappa shape index (κ2) is 14.9. The Bertz CT molecular complexity index is 1700. The summed E-state index contributed by atoms with van der Waals surface area (Å²) in [5, 5.41) is 7.39. The molecule has 1 aliphatic heterocycles. The highest BCUT2D eigenvalue weighted by Crippen LogP contribution is 2.47. The minimum Gasteiger partial charge on any atom is -0.453 e. The molecule has 0 unspecified atom stereocenters. The number of halogens is 4. The van der Waals surface area contributed by atoms with Crippen molar-refractivity contribution in [2.75, 3.05) is 18.6 Å². The number of ketones is 1. The van der Waals surface area contributed by atoms with Crippen LogP contribution in [-0.2, 0) is 22.3 Å².